The van der Waals surface area contributed by atoms with Gasteiger partial charge in [-0.15, -0.1) is 0 Å². The summed E-state index contributed by atoms with van der Waals surface area (Å²) in [6, 6.07) is 8.05. The van der Waals surface area contributed by atoms with Crippen LogP contribution in [-0.2, 0) is 16.0 Å². The largest absolute Gasteiger partial charge is 0.464 e. The minimum absolute atomic E-state index is 0.205. The first kappa shape index (κ1) is 17.4. The number of esters is 1. The number of hydrogen-bond acceptors (Lipinski definition) is 4. The van der Waals surface area contributed by atoms with Crippen LogP contribution in [0.4, 0.5) is 0 Å². The fourth-order valence-corrected chi connectivity index (χ4v) is 2.71. The molecule has 4 nitrogen and oxygen atoms in total. The molecule has 2 rings (SSSR count). The van der Waals surface area contributed by atoms with Crippen LogP contribution in [0.15, 0.2) is 42.5 Å². The number of hydrogen-bond donors (Lipinski definition) is 2. The second-order valence-electron chi connectivity index (χ2n) is 5.82. The van der Waals surface area contributed by atoms with Gasteiger partial charge < -0.3 is 15.6 Å². The fourth-order valence-electron chi connectivity index (χ4n) is 2.71. The molecule has 0 amide bonds. The molecule has 0 saturated carbocycles. The van der Waals surface area contributed by atoms with E-state index in [1.807, 2.05) is 0 Å². The van der Waals surface area contributed by atoms with Gasteiger partial charge in [-0.2, -0.15) is 0 Å². The molecule has 1 aromatic rings. The Morgan fingerprint density at radius 2 is 2.09 bits per heavy atom. The van der Waals surface area contributed by atoms with Gasteiger partial charge in [-0.05, 0) is 49.3 Å². The Labute approximate surface area is 137 Å². The van der Waals surface area contributed by atoms with Crippen molar-refractivity contribution >= 4 is 11.5 Å². The average molecular weight is 315 g/mol. The number of aliphatic hydroxyl groups is 1. The number of benzene rings is 1. The normalized spacial score (nSPS) is 16.6. The summed E-state index contributed by atoms with van der Waals surface area (Å²) in [6.45, 7) is 1.97. The van der Waals surface area contributed by atoms with Crippen molar-refractivity contribution < 1.29 is 14.6 Å². The zero-order valence-electron chi connectivity index (χ0n) is 13.6. The highest BCUT2D eigenvalue weighted by atomic mass is 16.5. The highest BCUT2D eigenvalue weighted by Crippen LogP contribution is 2.23. The van der Waals surface area contributed by atoms with Crippen LogP contribution in [0.1, 0.15) is 37.3 Å². The Bertz CT molecular complexity index is 575. The molecule has 1 aromatic carbocycles. The van der Waals surface area contributed by atoms with Crippen molar-refractivity contribution in [2.45, 2.75) is 44.8 Å². The SMILES string of the molecule is CCOC(=O)C(O)CC(N)Cc1ccc(C2=CC=CCC2)cc1. The summed E-state index contributed by atoms with van der Waals surface area (Å²) < 4.78 is 4.78. The zero-order valence-corrected chi connectivity index (χ0v) is 13.6. The minimum atomic E-state index is -1.15. The van der Waals surface area contributed by atoms with Gasteiger partial charge in [0.2, 0.25) is 0 Å². The first-order valence-electron chi connectivity index (χ1n) is 8.15. The van der Waals surface area contributed by atoms with Gasteiger partial charge in [-0.3, -0.25) is 0 Å². The standard InChI is InChI=1S/C19H25NO3/c1-2-23-19(22)18(21)13-17(20)12-14-8-10-16(11-9-14)15-6-4-3-5-7-15/h3-4,6,8-11,17-18,21H,2,5,7,12-13,20H2,1H3. The molecule has 2 unspecified atom stereocenters. The van der Waals surface area contributed by atoms with E-state index in [1.54, 1.807) is 6.92 Å². The van der Waals surface area contributed by atoms with Gasteiger partial charge in [0.05, 0.1) is 6.61 Å². The molecule has 23 heavy (non-hydrogen) atoms. The summed E-state index contributed by atoms with van der Waals surface area (Å²) in [7, 11) is 0. The lowest BCUT2D eigenvalue weighted by atomic mass is 9.95. The van der Waals surface area contributed by atoms with Gasteiger partial charge >= 0.3 is 5.97 Å². The van der Waals surface area contributed by atoms with Crippen molar-refractivity contribution in [1.29, 1.82) is 0 Å². The Morgan fingerprint density at radius 1 is 1.35 bits per heavy atom. The first-order chi connectivity index (χ1) is 11.1. The molecule has 0 aliphatic heterocycles. The van der Waals surface area contributed by atoms with Crippen LogP contribution in [0.25, 0.3) is 5.57 Å². The molecule has 4 heteroatoms. The van der Waals surface area contributed by atoms with E-state index < -0.39 is 12.1 Å². The summed E-state index contributed by atoms with van der Waals surface area (Å²) >= 11 is 0. The van der Waals surface area contributed by atoms with Gasteiger partial charge in [0.15, 0.2) is 6.10 Å². The van der Waals surface area contributed by atoms with E-state index in [0.29, 0.717) is 6.42 Å². The first-order valence-corrected chi connectivity index (χ1v) is 8.15. The topological polar surface area (TPSA) is 72.5 Å². The third-order valence-electron chi connectivity index (χ3n) is 3.92. The van der Waals surface area contributed by atoms with Crippen molar-refractivity contribution in [3.8, 4) is 0 Å². The van der Waals surface area contributed by atoms with Crippen molar-refractivity contribution in [2.75, 3.05) is 6.61 Å². The second kappa shape index (κ2) is 8.65. The van der Waals surface area contributed by atoms with E-state index >= 15 is 0 Å². The van der Waals surface area contributed by atoms with Gasteiger partial charge in [-0.1, -0.05) is 42.5 Å². The predicted molar refractivity (Wildman–Crippen MR) is 91.7 cm³/mol. The van der Waals surface area contributed by atoms with E-state index in [4.69, 9.17) is 10.5 Å². The molecule has 0 fully saturated rings. The summed E-state index contributed by atoms with van der Waals surface area (Å²) in [5.74, 6) is -0.601. The fraction of sp³-hybridized carbons (Fsp3) is 0.421. The van der Waals surface area contributed by atoms with Gasteiger partial charge in [0.25, 0.3) is 0 Å². The summed E-state index contributed by atoms with van der Waals surface area (Å²) in [5, 5.41) is 9.74. The predicted octanol–water partition coefficient (Wildman–Crippen LogP) is 2.60. The van der Waals surface area contributed by atoms with E-state index in [0.717, 1.165) is 18.4 Å². The maximum atomic E-state index is 11.4. The van der Waals surface area contributed by atoms with E-state index in [2.05, 4.69) is 42.5 Å². The molecule has 124 valence electrons. The maximum absolute atomic E-state index is 11.4. The molecular weight excluding hydrogens is 290 g/mol. The molecule has 0 radical (unpaired) electrons. The lowest BCUT2D eigenvalue weighted by Crippen LogP contribution is -2.33. The molecule has 3 N–H and O–H groups in total. The van der Waals surface area contributed by atoms with Gasteiger partial charge in [-0.25, -0.2) is 4.79 Å². The molecule has 0 aromatic heterocycles. The average Bonchev–Trinajstić information content (AvgIpc) is 2.56. The summed E-state index contributed by atoms with van der Waals surface area (Å²) in [5.41, 5.74) is 9.72. The minimum Gasteiger partial charge on any atom is -0.464 e. The third-order valence-corrected chi connectivity index (χ3v) is 3.92. The van der Waals surface area contributed by atoms with Crippen LogP contribution >= 0.6 is 0 Å². The molecule has 2 atom stereocenters. The zero-order chi connectivity index (χ0) is 16.7. The monoisotopic (exact) mass is 315 g/mol. The smallest absolute Gasteiger partial charge is 0.335 e. The molecule has 0 bridgehead atoms. The molecule has 0 heterocycles. The van der Waals surface area contributed by atoms with Crippen LogP contribution in [0.3, 0.4) is 0 Å². The summed E-state index contributed by atoms with van der Waals surface area (Å²) in [4.78, 5) is 11.4. The van der Waals surface area contributed by atoms with Gasteiger partial charge in [0, 0.05) is 6.04 Å². The Kier molecular flexibility index (Phi) is 6.56. The Hall–Kier alpha value is -1.91. The van der Waals surface area contributed by atoms with Crippen molar-refractivity contribution in [3.63, 3.8) is 0 Å². The number of rotatable bonds is 7. The van der Waals surface area contributed by atoms with Crippen LogP contribution < -0.4 is 5.73 Å². The number of carbonyl (C=O) groups is 1. The molecule has 1 aliphatic carbocycles. The molecule has 0 saturated heterocycles. The molecular formula is C19H25NO3. The van der Waals surface area contributed by atoms with Crippen molar-refractivity contribution in [2.24, 2.45) is 5.73 Å². The van der Waals surface area contributed by atoms with Crippen LogP contribution in [0.2, 0.25) is 0 Å². The lowest BCUT2D eigenvalue weighted by Gasteiger charge is -2.16. The Morgan fingerprint density at radius 3 is 2.70 bits per heavy atom. The van der Waals surface area contributed by atoms with Crippen molar-refractivity contribution in [3.05, 3.63) is 53.6 Å². The van der Waals surface area contributed by atoms with Crippen LogP contribution in [0, 0.1) is 0 Å². The van der Waals surface area contributed by atoms with E-state index in [1.165, 1.54) is 11.1 Å². The number of ether oxygens (including phenoxy) is 1. The van der Waals surface area contributed by atoms with Crippen molar-refractivity contribution in [1.82, 2.24) is 0 Å². The summed E-state index contributed by atoms with van der Waals surface area (Å²) in [6.07, 6.45) is 8.26. The third kappa shape index (κ3) is 5.34. The maximum Gasteiger partial charge on any atom is 0.335 e. The molecule has 1 aliphatic rings. The van der Waals surface area contributed by atoms with Crippen LogP contribution in [-0.4, -0.2) is 29.8 Å². The highest BCUT2D eigenvalue weighted by Gasteiger charge is 2.19. The second-order valence-corrected chi connectivity index (χ2v) is 5.82. The van der Waals surface area contributed by atoms with E-state index in [9.17, 15) is 9.90 Å². The molecule has 0 spiro atoms. The van der Waals surface area contributed by atoms with Gasteiger partial charge in [0.1, 0.15) is 0 Å². The van der Waals surface area contributed by atoms with E-state index in [-0.39, 0.29) is 19.1 Å². The lowest BCUT2D eigenvalue weighted by molar-refractivity contribution is -0.153. The Balaban J connectivity index is 1.89. The highest BCUT2D eigenvalue weighted by molar-refractivity contribution is 5.74. The number of nitrogens with two attached hydrogens (primary N) is 1. The number of allylic oxidation sites excluding steroid dienone is 4. The number of carbonyl (C=O) groups excluding carboxylic acids is 1. The quantitative estimate of drug-likeness (QED) is 0.759. The van der Waals surface area contributed by atoms with Crippen LogP contribution in [0.5, 0.6) is 0 Å². The number of aliphatic hydroxyl groups excluding tert-OH is 1.